The van der Waals surface area contributed by atoms with Crippen molar-refractivity contribution in [3.05, 3.63) is 21.3 Å². The zero-order valence-electron chi connectivity index (χ0n) is 13.4. The third kappa shape index (κ3) is 4.45. The Balaban J connectivity index is 1.44. The van der Waals surface area contributed by atoms with E-state index in [1.807, 2.05) is 6.07 Å². The molecule has 0 amide bonds. The molecular weight excluding hydrogens is 316 g/mol. The summed E-state index contributed by atoms with van der Waals surface area (Å²) in [7, 11) is 0. The van der Waals surface area contributed by atoms with Gasteiger partial charge < -0.3 is 15.0 Å². The zero-order valence-corrected chi connectivity index (χ0v) is 15.0. The van der Waals surface area contributed by atoms with Crippen LogP contribution in [-0.2, 0) is 4.74 Å². The van der Waals surface area contributed by atoms with Crippen LogP contribution in [0.2, 0.25) is 4.34 Å². The number of hydrogen-bond donors (Lipinski definition) is 1. The van der Waals surface area contributed by atoms with Crippen molar-refractivity contribution in [2.75, 3.05) is 32.8 Å². The maximum Gasteiger partial charge on any atom is 0.0931 e. The van der Waals surface area contributed by atoms with Gasteiger partial charge >= 0.3 is 0 Å². The summed E-state index contributed by atoms with van der Waals surface area (Å²) < 4.78 is 6.38. The highest BCUT2D eigenvalue weighted by Gasteiger charge is 2.25. The van der Waals surface area contributed by atoms with Gasteiger partial charge in [0.2, 0.25) is 0 Å². The van der Waals surface area contributed by atoms with Crippen LogP contribution in [0.1, 0.15) is 43.5 Å². The standard InChI is InChI=1S/C17H27ClN2OS/c1-2-15(16-3-4-17(18)22-16)19-14-5-8-20(9-6-14)11-13-7-10-21-12-13/h3-4,13-15,19H,2,5-12H2,1H3/t13-,15-/m0/s1. The first-order valence-electron chi connectivity index (χ1n) is 8.56. The first kappa shape index (κ1) is 16.7. The van der Waals surface area contributed by atoms with Gasteiger partial charge in [0.15, 0.2) is 0 Å². The Hall–Kier alpha value is -0.130. The molecule has 3 heterocycles. The molecule has 0 unspecified atom stereocenters. The molecule has 0 aromatic carbocycles. The molecule has 1 aromatic heterocycles. The van der Waals surface area contributed by atoms with Crippen molar-refractivity contribution < 1.29 is 4.74 Å². The van der Waals surface area contributed by atoms with Gasteiger partial charge in [-0.3, -0.25) is 0 Å². The Morgan fingerprint density at radius 3 is 2.77 bits per heavy atom. The number of halogens is 1. The third-order valence-corrected chi connectivity index (χ3v) is 6.26. The second-order valence-electron chi connectivity index (χ2n) is 6.57. The van der Waals surface area contributed by atoms with E-state index < -0.39 is 0 Å². The van der Waals surface area contributed by atoms with Crippen LogP contribution in [0.15, 0.2) is 12.1 Å². The monoisotopic (exact) mass is 342 g/mol. The quantitative estimate of drug-likeness (QED) is 0.847. The fraction of sp³-hybridized carbons (Fsp3) is 0.765. The number of piperidine rings is 1. The van der Waals surface area contributed by atoms with Crippen LogP contribution in [0.4, 0.5) is 0 Å². The van der Waals surface area contributed by atoms with Crippen molar-refractivity contribution in [2.24, 2.45) is 5.92 Å². The van der Waals surface area contributed by atoms with Gasteiger partial charge in [-0.25, -0.2) is 0 Å². The van der Waals surface area contributed by atoms with E-state index in [2.05, 4.69) is 23.2 Å². The van der Waals surface area contributed by atoms with Gasteiger partial charge in [-0.2, -0.15) is 0 Å². The Morgan fingerprint density at radius 2 is 2.18 bits per heavy atom. The third-order valence-electron chi connectivity index (χ3n) is 4.91. The number of ether oxygens (including phenoxy) is 1. The Labute approximate surface area is 143 Å². The van der Waals surface area contributed by atoms with Gasteiger partial charge in [0.25, 0.3) is 0 Å². The van der Waals surface area contributed by atoms with E-state index in [4.69, 9.17) is 16.3 Å². The highest BCUT2D eigenvalue weighted by atomic mass is 35.5. The summed E-state index contributed by atoms with van der Waals surface area (Å²) in [4.78, 5) is 4.00. The van der Waals surface area contributed by atoms with Crippen molar-refractivity contribution in [2.45, 2.75) is 44.7 Å². The van der Waals surface area contributed by atoms with E-state index in [9.17, 15) is 0 Å². The highest BCUT2D eigenvalue weighted by molar-refractivity contribution is 7.16. The van der Waals surface area contributed by atoms with Gasteiger partial charge in [0.1, 0.15) is 0 Å². The first-order valence-corrected chi connectivity index (χ1v) is 9.75. The molecule has 1 N–H and O–H groups in total. The molecular formula is C17H27ClN2OS. The molecule has 5 heteroatoms. The number of hydrogen-bond acceptors (Lipinski definition) is 4. The van der Waals surface area contributed by atoms with Crippen LogP contribution in [0, 0.1) is 5.92 Å². The number of nitrogens with one attached hydrogen (secondary N) is 1. The van der Waals surface area contributed by atoms with Gasteiger partial charge in [-0.15, -0.1) is 11.3 Å². The maximum atomic E-state index is 6.08. The number of rotatable bonds is 6. The van der Waals surface area contributed by atoms with Crippen LogP contribution in [0.3, 0.4) is 0 Å². The number of nitrogens with zero attached hydrogens (tertiary/aromatic N) is 1. The van der Waals surface area contributed by atoms with Crippen molar-refractivity contribution >= 4 is 22.9 Å². The zero-order chi connectivity index (χ0) is 15.4. The predicted molar refractivity (Wildman–Crippen MR) is 93.9 cm³/mol. The second kappa shape index (κ2) is 8.11. The molecule has 2 aliphatic rings. The maximum absolute atomic E-state index is 6.08. The van der Waals surface area contributed by atoms with Gasteiger partial charge in [0.05, 0.1) is 10.9 Å². The molecule has 2 fully saturated rings. The lowest BCUT2D eigenvalue weighted by Gasteiger charge is -2.35. The van der Waals surface area contributed by atoms with Gasteiger partial charge in [-0.1, -0.05) is 18.5 Å². The van der Waals surface area contributed by atoms with Gasteiger partial charge in [0, 0.05) is 30.1 Å². The summed E-state index contributed by atoms with van der Waals surface area (Å²) in [6.07, 6.45) is 4.87. The van der Waals surface area contributed by atoms with Crippen LogP contribution in [0.5, 0.6) is 0 Å². The molecule has 3 nitrogen and oxygen atoms in total. The Kier molecular flexibility index (Phi) is 6.16. The summed E-state index contributed by atoms with van der Waals surface area (Å²) in [5.41, 5.74) is 0. The molecule has 1 aromatic rings. The van der Waals surface area contributed by atoms with Crippen LogP contribution < -0.4 is 5.32 Å². The largest absolute Gasteiger partial charge is 0.381 e. The minimum absolute atomic E-state index is 0.456. The average molecular weight is 343 g/mol. The van der Waals surface area contributed by atoms with Crippen LogP contribution >= 0.6 is 22.9 Å². The van der Waals surface area contributed by atoms with Crippen LogP contribution in [-0.4, -0.2) is 43.8 Å². The lowest BCUT2D eigenvalue weighted by Crippen LogP contribution is -2.44. The summed E-state index contributed by atoms with van der Waals surface area (Å²) in [5.74, 6) is 0.765. The molecule has 22 heavy (non-hydrogen) atoms. The predicted octanol–water partition coefficient (Wildman–Crippen LogP) is 3.94. The Morgan fingerprint density at radius 1 is 1.36 bits per heavy atom. The lowest BCUT2D eigenvalue weighted by atomic mass is 10.0. The van der Waals surface area contributed by atoms with Crippen LogP contribution in [0.25, 0.3) is 0 Å². The first-order chi connectivity index (χ1) is 10.7. The summed E-state index contributed by atoms with van der Waals surface area (Å²) >= 11 is 7.79. The van der Waals surface area contributed by atoms with Crippen molar-refractivity contribution in [1.82, 2.24) is 10.2 Å². The molecule has 2 atom stereocenters. The lowest BCUT2D eigenvalue weighted by molar-refractivity contribution is 0.145. The highest BCUT2D eigenvalue weighted by Crippen LogP contribution is 2.29. The topological polar surface area (TPSA) is 24.5 Å². The second-order valence-corrected chi connectivity index (χ2v) is 8.32. The van der Waals surface area contributed by atoms with E-state index in [1.165, 1.54) is 43.8 Å². The van der Waals surface area contributed by atoms with E-state index in [1.54, 1.807) is 11.3 Å². The fourth-order valence-corrected chi connectivity index (χ4v) is 4.78. The molecule has 0 bridgehead atoms. The van der Waals surface area contributed by atoms with Crippen molar-refractivity contribution in [1.29, 1.82) is 0 Å². The van der Waals surface area contributed by atoms with Crippen molar-refractivity contribution in [3.8, 4) is 0 Å². The minimum Gasteiger partial charge on any atom is -0.381 e. The molecule has 0 saturated carbocycles. The normalized spacial score (nSPS) is 25.6. The molecule has 2 aliphatic heterocycles. The minimum atomic E-state index is 0.456. The molecule has 0 aliphatic carbocycles. The molecule has 124 valence electrons. The van der Waals surface area contributed by atoms with Crippen molar-refractivity contribution in [3.63, 3.8) is 0 Å². The van der Waals surface area contributed by atoms with E-state index in [0.29, 0.717) is 12.1 Å². The average Bonchev–Trinajstić information content (AvgIpc) is 3.18. The number of thiophene rings is 1. The SMILES string of the molecule is CC[C@H](NC1CCN(C[C@@H]2CCOC2)CC1)c1ccc(Cl)s1. The number of likely N-dealkylation sites (tertiary alicyclic amines) is 1. The van der Waals surface area contributed by atoms with E-state index in [0.717, 1.165) is 29.9 Å². The molecule has 0 spiro atoms. The smallest absolute Gasteiger partial charge is 0.0931 e. The summed E-state index contributed by atoms with van der Waals surface area (Å²) in [6.45, 7) is 7.84. The van der Waals surface area contributed by atoms with Gasteiger partial charge in [-0.05, 0) is 56.8 Å². The molecule has 3 rings (SSSR count). The molecule has 0 radical (unpaired) electrons. The summed E-state index contributed by atoms with van der Waals surface area (Å²) in [6, 6.07) is 5.28. The molecule has 2 saturated heterocycles. The van der Waals surface area contributed by atoms with E-state index in [-0.39, 0.29) is 0 Å². The van der Waals surface area contributed by atoms with E-state index >= 15 is 0 Å². The summed E-state index contributed by atoms with van der Waals surface area (Å²) in [5, 5.41) is 3.85. The fourth-order valence-electron chi connectivity index (χ4n) is 3.58. The Bertz CT molecular complexity index is 453.